The molecular weight excluding hydrogens is 336 g/mol. The van der Waals surface area contributed by atoms with Crippen LogP contribution in [-0.4, -0.2) is 36.5 Å². The van der Waals surface area contributed by atoms with Gasteiger partial charge in [0.25, 0.3) is 5.91 Å². The molecule has 8 heteroatoms. The molecule has 2 heterocycles. The summed E-state index contributed by atoms with van der Waals surface area (Å²) in [5, 5.41) is 10.7. The van der Waals surface area contributed by atoms with Crippen molar-refractivity contribution in [2.75, 3.05) is 14.2 Å². The van der Waals surface area contributed by atoms with E-state index < -0.39 is 5.91 Å². The highest BCUT2D eigenvalue weighted by Gasteiger charge is 2.12. The van der Waals surface area contributed by atoms with Gasteiger partial charge in [0.05, 0.1) is 20.4 Å². The first-order chi connectivity index (χ1) is 12.6. The van der Waals surface area contributed by atoms with Crippen LogP contribution in [0.3, 0.4) is 0 Å². The molecule has 0 spiro atoms. The number of nitrogens with one attached hydrogen (secondary N) is 2. The van der Waals surface area contributed by atoms with Gasteiger partial charge in [0.2, 0.25) is 0 Å². The number of aromatic nitrogens is 2. The van der Waals surface area contributed by atoms with Gasteiger partial charge >= 0.3 is 0 Å². The number of hydrazone groups is 1. The molecule has 0 aliphatic heterocycles. The third-order valence-electron chi connectivity index (χ3n) is 3.60. The van der Waals surface area contributed by atoms with E-state index in [0.717, 1.165) is 11.3 Å². The van der Waals surface area contributed by atoms with Crippen molar-refractivity contribution in [3.8, 4) is 23.0 Å². The molecule has 2 aromatic heterocycles. The molecule has 3 aromatic rings. The molecule has 0 aliphatic rings. The van der Waals surface area contributed by atoms with E-state index in [1.165, 1.54) is 6.21 Å². The summed E-state index contributed by atoms with van der Waals surface area (Å²) in [7, 11) is 3.12. The minimum atomic E-state index is -0.437. The quantitative estimate of drug-likeness (QED) is 0.523. The monoisotopic (exact) mass is 354 g/mol. The summed E-state index contributed by atoms with van der Waals surface area (Å²) in [6.45, 7) is 1.84. The van der Waals surface area contributed by atoms with E-state index in [1.807, 2.05) is 13.0 Å². The second kappa shape index (κ2) is 7.56. The highest BCUT2D eigenvalue weighted by atomic mass is 16.5. The summed E-state index contributed by atoms with van der Waals surface area (Å²) < 4.78 is 15.9. The Kier molecular flexibility index (Phi) is 5.02. The molecule has 1 aromatic carbocycles. The number of H-pyrrole nitrogens is 1. The van der Waals surface area contributed by atoms with Gasteiger partial charge in [0.15, 0.2) is 23.0 Å². The third kappa shape index (κ3) is 3.75. The molecule has 0 saturated carbocycles. The van der Waals surface area contributed by atoms with E-state index in [1.54, 1.807) is 44.6 Å². The van der Waals surface area contributed by atoms with Gasteiger partial charge in [-0.15, -0.1) is 0 Å². The van der Waals surface area contributed by atoms with Crippen molar-refractivity contribution in [2.45, 2.75) is 6.92 Å². The van der Waals surface area contributed by atoms with Crippen LogP contribution in [0.5, 0.6) is 11.5 Å². The predicted molar refractivity (Wildman–Crippen MR) is 95.6 cm³/mol. The van der Waals surface area contributed by atoms with Crippen molar-refractivity contribution in [2.24, 2.45) is 5.10 Å². The number of methoxy groups -OCH3 is 2. The van der Waals surface area contributed by atoms with Gasteiger partial charge in [-0.2, -0.15) is 10.2 Å². The second-order valence-corrected chi connectivity index (χ2v) is 5.39. The number of nitrogens with zero attached hydrogens (tertiary/aromatic N) is 2. The van der Waals surface area contributed by atoms with Crippen LogP contribution in [0.25, 0.3) is 11.5 Å². The Morgan fingerprint density at radius 3 is 2.69 bits per heavy atom. The van der Waals surface area contributed by atoms with Crippen LogP contribution in [-0.2, 0) is 0 Å². The summed E-state index contributed by atoms with van der Waals surface area (Å²) in [6, 6.07) is 10.5. The number of rotatable bonds is 6. The lowest BCUT2D eigenvalue weighted by molar-refractivity contribution is 0.0950. The molecule has 0 atom stereocenters. The Morgan fingerprint density at radius 2 is 2.00 bits per heavy atom. The normalized spacial score (nSPS) is 10.9. The zero-order chi connectivity index (χ0) is 18.5. The summed E-state index contributed by atoms with van der Waals surface area (Å²) >= 11 is 0. The van der Waals surface area contributed by atoms with Crippen molar-refractivity contribution in [3.05, 3.63) is 53.4 Å². The van der Waals surface area contributed by atoms with Crippen molar-refractivity contribution in [1.29, 1.82) is 0 Å². The number of furan rings is 1. The third-order valence-corrected chi connectivity index (χ3v) is 3.60. The van der Waals surface area contributed by atoms with Gasteiger partial charge in [-0.05, 0) is 42.8 Å². The topological polar surface area (TPSA) is 102 Å². The van der Waals surface area contributed by atoms with Gasteiger partial charge in [-0.3, -0.25) is 9.89 Å². The average molecular weight is 354 g/mol. The van der Waals surface area contributed by atoms with E-state index >= 15 is 0 Å². The lowest BCUT2D eigenvalue weighted by Gasteiger charge is -2.07. The van der Waals surface area contributed by atoms with Crippen LogP contribution >= 0.6 is 0 Å². The van der Waals surface area contributed by atoms with Crippen LogP contribution in [0.15, 0.2) is 45.9 Å². The fourth-order valence-corrected chi connectivity index (χ4v) is 2.30. The first-order valence-corrected chi connectivity index (χ1v) is 7.78. The number of aryl methyl sites for hydroxylation is 1. The molecule has 0 bridgehead atoms. The van der Waals surface area contributed by atoms with Crippen molar-refractivity contribution < 1.29 is 18.7 Å². The fourth-order valence-electron chi connectivity index (χ4n) is 2.30. The molecule has 0 aliphatic carbocycles. The number of amides is 1. The van der Waals surface area contributed by atoms with Crippen molar-refractivity contribution in [3.63, 3.8) is 0 Å². The van der Waals surface area contributed by atoms with E-state index in [9.17, 15) is 4.79 Å². The van der Waals surface area contributed by atoms with E-state index in [-0.39, 0.29) is 5.69 Å². The van der Waals surface area contributed by atoms with Crippen molar-refractivity contribution in [1.82, 2.24) is 15.6 Å². The molecule has 8 nitrogen and oxygen atoms in total. The Morgan fingerprint density at radius 1 is 1.19 bits per heavy atom. The van der Waals surface area contributed by atoms with E-state index in [0.29, 0.717) is 23.0 Å². The highest BCUT2D eigenvalue weighted by molar-refractivity contribution is 5.94. The minimum Gasteiger partial charge on any atom is -0.493 e. The molecule has 1 amide bonds. The van der Waals surface area contributed by atoms with Crippen LogP contribution in [0.4, 0.5) is 0 Å². The maximum absolute atomic E-state index is 12.1. The maximum atomic E-state index is 12.1. The summed E-state index contributed by atoms with van der Waals surface area (Å²) in [4.78, 5) is 12.1. The number of carbonyl (C=O) groups excluding carboxylic acids is 1. The number of carbonyl (C=O) groups is 1. The molecule has 0 radical (unpaired) electrons. The Bertz CT molecular complexity index is 942. The first-order valence-electron chi connectivity index (χ1n) is 7.78. The first kappa shape index (κ1) is 17.3. The zero-order valence-electron chi connectivity index (χ0n) is 14.6. The highest BCUT2D eigenvalue weighted by Crippen LogP contribution is 2.26. The molecule has 3 rings (SSSR count). The Hall–Kier alpha value is -3.55. The van der Waals surface area contributed by atoms with E-state index in [2.05, 4.69) is 20.7 Å². The fraction of sp³-hybridized carbons (Fsp3) is 0.167. The second-order valence-electron chi connectivity index (χ2n) is 5.39. The molecule has 0 unspecified atom stereocenters. The van der Waals surface area contributed by atoms with Gasteiger partial charge in [-0.1, -0.05) is 0 Å². The molecular formula is C18H18N4O4. The van der Waals surface area contributed by atoms with Crippen LogP contribution in [0, 0.1) is 6.92 Å². The molecule has 134 valence electrons. The Labute approximate surface area is 149 Å². The van der Waals surface area contributed by atoms with Crippen molar-refractivity contribution >= 4 is 12.1 Å². The van der Waals surface area contributed by atoms with Gasteiger partial charge in [0.1, 0.15) is 11.5 Å². The SMILES string of the molecule is COc1ccc(/C=N/NC(=O)c2cc(-c3ccc(C)o3)[nH]n2)cc1OC. The number of benzene rings is 1. The average Bonchev–Trinajstić information content (AvgIpc) is 3.30. The maximum Gasteiger partial charge on any atom is 0.291 e. The van der Waals surface area contributed by atoms with Crippen LogP contribution < -0.4 is 14.9 Å². The van der Waals surface area contributed by atoms with E-state index in [4.69, 9.17) is 13.9 Å². The lowest BCUT2D eigenvalue weighted by Crippen LogP contribution is -2.18. The van der Waals surface area contributed by atoms with Gasteiger partial charge < -0.3 is 13.9 Å². The predicted octanol–water partition coefficient (Wildman–Crippen LogP) is 2.76. The van der Waals surface area contributed by atoms with Crippen LogP contribution in [0.1, 0.15) is 21.8 Å². The zero-order valence-corrected chi connectivity index (χ0v) is 14.6. The smallest absolute Gasteiger partial charge is 0.291 e. The number of hydrogen-bond acceptors (Lipinski definition) is 6. The summed E-state index contributed by atoms with van der Waals surface area (Å²) in [5.74, 6) is 2.15. The summed E-state index contributed by atoms with van der Waals surface area (Å²) in [5.41, 5.74) is 4.00. The molecule has 0 saturated heterocycles. The number of ether oxygens (including phenoxy) is 2. The standard InChI is InChI=1S/C18H18N4O4/c1-11-4-6-15(26-11)13-9-14(21-20-13)18(23)22-19-10-12-5-7-16(24-2)17(8-12)25-3/h4-10H,1-3H3,(H,20,21)(H,22,23)/b19-10+. The van der Waals surface area contributed by atoms with Gasteiger partial charge in [0, 0.05) is 6.07 Å². The summed E-state index contributed by atoms with van der Waals surface area (Å²) in [6.07, 6.45) is 1.50. The Balaban J connectivity index is 1.65. The molecule has 0 fully saturated rings. The van der Waals surface area contributed by atoms with Crippen LogP contribution in [0.2, 0.25) is 0 Å². The molecule has 26 heavy (non-hydrogen) atoms. The lowest BCUT2D eigenvalue weighted by atomic mass is 10.2. The molecule has 2 N–H and O–H groups in total. The minimum absolute atomic E-state index is 0.207. The van der Waals surface area contributed by atoms with Gasteiger partial charge in [-0.25, -0.2) is 5.43 Å². The number of aromatic amines is 1. The number of hydrogen-bond donors (Lipinski definition) is 2. The largest absolute Gasteiger partial charge is 0.493 e.